The highest BCUT2D eigenvalue weighted by atomic mass is 16.3. The van der Waals surface area contributed by atoms with Gasteiger partial charge >= 0.3 is 11.8 Å². The number of amides is 2. The molecule has 2 N–H and O–H groups in total. The normalized spacial score (nSPS) is 21.8. The number of aliphatic hydroxyl groups is 1. The molecular weight excluding hydrogens is 258 g/mol. The number of carbonyl (C=O) groups is 2. The number of aliphatic hydroxyl groups excluding tert-OH is 1. The number of rotatable bonds is 3. The maximum Gasteiger partial charge on any atom is 0.311 e. The van der Waals surface area contributed by atoms with Gasteiger partial charge in [-0.1, -0.05) is 19.3 Å². The van der Waals surface area contributed by atoms with E-state index in [0.29, 0.717) is 19.6 Å². The molecule has 0 aromatic rings. The topological polar surface area (TPSA) is 72.9 Å². The molecule has 2 rings (SSSR count). The van der Waals surface area contributed by atoms with Crippen molar-refractivity contribution in [2.75, 3.05) is 39.3 Å². The molecule has 1 aliphatic carbocycles. The van der Waals surface area contributed by atoms with Crippen LogP contribution in [0.1, 0.15) is 32.1 Å². The molecule has 0 bridgehead atoms. The molecule has 1 aliphatic heterocycles. The van der Waals surface area contributed by atoms with Crippen LogP contribution in [0.4, 0.5) is 0 Å². The van der Waals surface area contributed by atoms with Crippen molar-refractivity contribution in [3.8, 4) is 0 Å². The van der Waals surface area contributed by atoms with Crippen molar-refractivity contribution < 1.29 is 14.7 Å². The minimum Gasteiger partial charge on any atom is -0.395 e. The molecule has 0 spiro atoms. The second-order valence-electron chi connectivity index (χ2n) is 5.67. The zero-order valence-electron chi connectivity index (χ0n) is 12.0. The van der Waals surface area contributed by atoms with E-state index in [2.05, 4.69) is 10.2 Å². The summed E-state index contributed by atoms with van der Waals surface area (Å²) in [7, 11) is 0. The van der Waals surface area contributed by atoms with Crippen molar-refractivity contribution in [1.82, 2.24) is 15.1 Å². The average Bonchev–Trinajstić information content (AvgIpc) is 2.48. The van der Waals surface area contributed by atoms with Crippen LogP contribution in [-0.4, -0.2) is 72.1 Å². The number of β-amino-alcohol motifs (C(OH)–C–C–N with tert-alkyl or cyclic N) is 1. The van der Waals surface area contributed by atoms with E-state index in [1.54, 1.807) is 4.90 Å². The Labute approximate surface area is 120 Å². The second kappa shape index (κ2) is 7.59. The first-order chi connectivity index (χ1) is 9.70. The molecule has 0 unspecified atom stereocenters. The molecule has 1 saturated carbocycles. The van der Waals surface area contributed by atoms with E-state index >= 15 is 0 Å². The number of carbonyl (C=O) groups excluding carboxylic acids is 2. The third kappa shape index (κ3) is 4.18. The molecular formula is C14H25N3O3. The lowest BCUT2D eigenvalue weighted by atomic mass is 9.95. The van der Waals surface area contributed by atoms with E-state index in [4.69, 9.17) is 5.11 Å². The van der Waals surface area contributed by atoms with Gasteiger partial charge in [-0.2, -0.15) is 0 Å². The van der Waals surface area contributed by atoms with Crippen LogP contribution < -0.4 is 5.32 Å². The molecule has 20 heavy (non-hydrogen) atoms. The molecule has 114 valence electrons. The Balaban J connectivity index is 1.74. The Morgan fingerprint density at radius 2 is 1.70 bits per heavy atom. The first kappa shape index (κ1) is 15.3. The first-order valence-electron chi connectivity index (χ1n) is 7.63. The van der Waals surface area contributed by atoms with E-state index in [1.165, 1.54) is 6.42 Å². The molecule has 0 aromatic carbocycles. The number of piperazine rings is 1. The number of hydrogen-bond donors (Lipinski definition) is 2. The predicted octanol–water partition coefficient (Wildman–Crippen LogP) is -0.428. The summed E-state index contributed by atoms with van der Waals surface area (Å²) in [6.45, 7) is 3.35. The van der Waals surface area contributed by atoms with Gasteiger partial charge in [0, 0.05) is 38.8 Å². The first-order valence-corrected chi connectivity index (χ1v) is 7.63. The third-order valence-corrected chi connectivity index (χ3v) is 4.21. The Morgan fingerprint density at radius 1 is 1.05 bits per heavy atom. The summed E-state index contributed by atoms with van der Waals surface area (Å²) in [5.74, 6) is -0.855. The Bertz CT molecular complexity index is 335. The average molecular weight is 283 g/mol. The molecule has 6 heteroatoms. The van der Waals surface area contributed by atoms with E-state index in [1.807, 2.05) is 0 Å². The summed E-state index contributed by atoms with van der Waals surface area (Å²) in [5.41, 5.74) is 0. The zero-order valence-corrected chi connectivity index (χ0v) is 12.0. The van der Waals surface area contributed by atoms with Crippen molar-refractivity contribution in [2.45, 2.75) is 38.1 Å². The minimum atomic E-state index is -0.451. The van der Waals surface area contributed by atoms with Gasteiger partial charge in [0.2, 0.25) is 0 Å². The van der Waals surface area contributed by atoms with Crippen LogP contribution in [-0.2, 0) is 9.59 Å². The van der Waals surface area contributed by atoms with Gasteiger partial charge in [-0.3, -0.25) is 14.5 Å². The summed E-state index contributed by atoms with van der Waals surface area (Å²) in [5, 5.41) is 11.7. The molecule has 0 atom stereocenters. The SMILES string of the molecule is O=C(NC1CCCCC1)C(=O)N1CCN(CCO)CC1. The van der Waals surface area contributed by atoms with Gasteiger partial charge in [0.05, 0.1) is 6.61 Å². The summed E-state index contributed by atoms with van der Waals surface area (Å²) < 4.78 is 0. The van der Waals surface area contributed by atoms with Crippen molar-refractivity contribution in [3.05, 3.63) is 0 Å². The van der Waals surface area contributed by atoms with E-state index in [0.717, 1.165) is 38.8 Å². The molecule has 6 nitrogen and oxygen atoms in total. The van der Waals surface area contributed by atoms with Gasteiger partial charge in [-0.25, -0.2) is 0 Å². The number of nitrogens with one attached hydrogen (secondary N) is 1. The summed E-state index contributed by atoms with van der Waals surface area (Å²) >= 11 is 0. The van der Waals surface area contributed by atoms with Gasteiger partial charge in [0.15, 0.2) is 0 Å². The molecule has 2 aliphatic rings. The lowest BCUT2D eigenvalue weighted by Crippen LogP contribution is -2.54. The van der Waals surface area contributed by atoms with Crippen LogP contribution >= 0.6 is 0 Å². The molecule has 2 fully saturated rings. The third-order valence-electron chi connectivity index (χ3n) is 4.21. The molecule has 0 aromatic heterocycles. The number of nitrogens with zero attached hydrogens (tertiary/aromatic N) is 2. The van der Waals surface area contributed by atoms with Gasteiger partial charge in [0.25, 0.3) is 0 Å². The zero-order chi connectivity index (χ0) is 14.4. The van der Waals surface area contributed by atoms with E-state index in [-0.39, 0.29) is 12.6 Å². The van der Waals surface area contributed by atoms with Crippen LogP contribution in [0.25, 0.3) is 0 Å². The van der Waals surface area contributed by atoms with E-state index in [9.17, 15) is 9.59 Å². The Kier molecular flexibility index (Phi) is 5.79. The quantitative estimate of drug-likeness (QED) is 0.690. The highest BCUT2D eigenvalue weighted by Crippen LogP contribution is 2.17. The fourth-order valence-corrected chi connectivity index (χ4v) is 2.95. The van der Waals surface area contributed by atoms with Crippen LogP contribution in [0.3, 0.4) is 0 Å². The van der Waals surface area contributed by atoms with Crippen LogP contribution in [0.5, 0.6) is 0 Å². The standard InChI is InChI=1S/C14H25N3O3/c18-11-10-16-6-8-17(9-7-16)14(20)13(19)15-12-4-2-1-3-5-12/h12,18H,1-11H2,(H,15,19). The van der Waals surface area contributed by atoms with Crippen molar-refractivity contribution >= 4 is 11.8 Å². The maximum absolute atomic E-state index is 12.1. The number of hydrogen-bond acceptors (Lipinski definition) is 4. The fraction of sp³-hybridized carbons (Fsp3) is 0.857. The van der Waals surface area contributed by atoms with Crippen LogP contribution in [0.15, 0.2) is 0 Å². The summed E-state index contributed by atoms with van der Waals surface area (Å²) in [6.07, 6.45) is 5.48. The van der Waals surface area contributed by atoms with Gasteiger partial charge in [-0.15, -0.1) is 0 Å². The van der Waals surface area contributed by atoms with Gasteiger partial charge in [-0.05, 0) is 12.8 Å². The largest absolute Gasteiger partial charge is 0.395 e. The van der Waals surface area contributed by atoms with E-state index < -0.39 is 11.8 Å². The molecule has 0 radical (unpaired) electrons. The predicted molar refractivity (Wildman–Crippen MR) is 75.1 cm³/mol. The second-order valence-corrected chi connectivity index (χ2v) is 5.67. The summed E-state index contributed by atoms with van der Waals surface area (Å²) in [4.78, 5) is 27.8. The lowest BCUT2D eigenvalue weighted by molar-refractivity contribution is -0.147. The molecule has 1 heterocycles. The maximum atomic E-state index is 12.1. The van der Waals surface area contributed by atoms with Gasteiger partial charge < -0.3 is 15.3 Å². The van der Waals surface area contributed by atoms with Crippen LogP contribution in [0.2, 0.25) is 0 Å². The van der Waals surface area contributed by atoms with Crippen molar-refractivity contribution in [1.29, 1.82) is 0 Å². The molecule has 2 amide bonds. The fourth-order valence-electron chi connectivity index (χ4n) is 2.95. The summed E-state index contributed by atoms with van der Waals surface area (Å²) in [6, 6.07) is 0.177. The lowest BCUT2D eigenvalue weighted by Gasteiger charge is -2.34. The minimum absolute atomic E-state index is 0.135. The highest BCUT2D eigenvalue weighted by molar-refractivity contribution is 6.35. The Morgan fingerprint density at radius 3 is 2.30 bits per heavy atom. The molecule has 1 saturated heterocycles. The Hall–Kier alpha value is -1.14. The van der Waals surface area contributed by atoms with Crippen LogP contribution in [0, 0.1) is 0 Å². The smallest absolute Gasteiger partial charge is 0.311 e. The van der Waals surface area contributed by atoms with Gasteiger partial charge in [0.1, 0.15) is 0 Å². The van der Waals surface area contributed by atoms with Crippen molar-refractivity contribution in [2.24, 2.45) is 0 Å². The monoisotopic (exact) mass is 283 g/mol. The highest BCUT2D eigenvalue weighted by Gasteiger charge is 2.27. The van der Waals surface area contributed by atoms with Crippen molar-refractivity contribution in [3.63, 3.8) is 0 Å².